The number of rotatable bonds is 7. The molecule has 1 heterocycles. The van der Waals surface area contributed by atoms with Gasteiger partial charge < -0.3 is 5.73 Å². The van der Waals surface area contributed by atoms with Crippen LogP contribution in [-0.2, 0) is 4.79 Å². The average molecular weight is 303 g/mol. The fourth-order valence-electron chi connectivity index (χ4n) is 1.85. The first-order valence-corrected chi connectivity index (χ1v) is 7.32. The van der Waals surface area contributed by atoms with Crippen molar-refractivity contribution in [2.75, 3.05) is 13.1 Å². The van der Waals surface area contributed by atoms with Crippen molar-refractivity contribution in [1.29, 1.82) is 0 Å². The molecule has 0 bridgehead atoms. The Balaban J connectivity index is 2.82. The van der Waals surface area contributed by atoms with Gasteiger partial charge in [0, 0.05) is 6.54 Å². The van der Waals surface area contributed by atoms with Crippen molar-refractivity contribution in [1.82, 2.24) is 4.90 Å². The molecule has 1 unspecified atom stereocenters. The minimum Gasteiger partial charge on any atom is -0.369 e. The molecule has 19 heavy (non-hydrogen) atoms. The van der Waals surface area contributed by atoms with Crippen LogP contribution in [0.4, 0.5) is 0 Å². The smallest absolute Gasteiger partial charge is 0.231 e. The molecule has 0 aromatic carbocycles. The number of nitrogens with zero attached hydrogens (tertiary/aromatic N) is 1. The molecule has 4 nitrogen and oxygen atoms in total. The summed E-state index contributed by atoms with van der Waals surface area (Å²) in [5.74, 6) is -0.107. The lowest BCUT2D eigenvalue weighted by Gasteiger charge is -2.28. The zero-order chi connectivity index (χ0) is 14.6. The van der Waals surface area contributed by atoms with Gasteiger partial charge in [0.25, 0.3) is 0 Å². The number of halogens is 1. The largest absolute Gasteiger partial charge is 0.369 e. The number of carbonyl (C=O) groups is 2. The van der Waals surface area contributed by atoms with E-state index in [-0.39, 0.29) is 18.4 Å². The molecule has 0 fully saturated rings. The lowest BCUT2D eigenvalue weighted by atomic mass is 10.1. The molecule has 0 radical (unpaired) electrons. The highest BCUT2D eigenvalue weighted by Gasteiger charge is 2.25. The van der Waals surface area contributed by atoms with Gasteiger partial charge in [0.15, 0.2) is 5.78 Å². The maximum atomic E-state index is 12.3. The number of Topliss-reactive ketones (excluding diaryl/α,β-unsaturated/α-hetero) is 1. The fraction of sp³-hybridized carbons (Fsp3) is 0.538. The van der Waals surface area contributed by atoms with Crippen molar-refractivity contribution in [2.24, 2.45) is 11.7 Å². The van der Waals surface area contributed by atoms with Gasteiger partial charge in [0.05, 0.1) is 21.8 Å². The van der Waals surface area contributed by atoms with E-state index in [1.54, 1.807) is 19.1 Å². The van der Waals surface area contributed by atoms with Crippen molar-refractivity contribution >= 4 is 34.6 Å². The maximum Gasteiger partial charge on any atom is 0.231 e. The van der Waals surface area contributed by atoms with Crippen LogP contribution in [-0.4, -0.2) is 35.7 Å². The quantitative estimate of drug-likeness (QED) is 0.787. The van der Waals surface area contributed by atoms with Gasteiger partial charge in [0.2, 0.25) is 5.91 Å². The summed E-state index contributed by atoms with van der Waals surface area (Å²) in [5, 5.41) is 0. The number of thiophene rings is 1. The van der Waals surface area contributed by atoms with Crippen LogP contribution in [0, 0.1) is 5.92 Å². The van der Waals surface area contributed by atoms with Crippen molar-refractivity contribution in [3.8, 4) is 0 Å². The van der Waals surface area contributed by atoms with Crippen LogP contribution in [0.25, 0.3) is 0 Å². The highest BCUT2D eigenvalue weighted by molar-refractivity contribution is 7.18. The van der Waals surface area contributed by atoms with E-state index >= 15 is 0 Å². The molecule has 106 valence electrons. The van der Waals surface area contributed by atoms with E-state index in [1.165, 1.54) is 11.3 Å². The van der Waals surface area contributed by atoms with E-state index in [4.69, 9.17) is 17.3 Å². The third-order valence-corrected chi connectivity index (χ3v) is 3.95. The minimum absolute atomic E-state index is 0.0289. The molecule has 0 saturated carbocycles. The molecular weight excluding hydrogens is 284 g/mol. The average Bonchev–Trinajstić information content (AvgIpc) is 2.71. The predicted molar refractivity (Wildman–Crippen MR) is 78.7 cm³/mol. The van der Waals surface area contributed by atoms with Gasteiger partial charge in [-0.2, -0.15) is 0 Å². The van der Waals surface area contributed by atoms with E-state index < -0.39 is 5.91 Å². The zero-order valence-electron chi connectivity index (χ0n) is 11.4. The molecular formula is C13H19ClN2O2S. The summed E-state index contributed by atoms with van der Waals surface area (Å²) in [4.78, 5) is 25.8. The predicted octanol–water partition coefficient (Wildman–Crippen LogP) is 2.42. The highest BCUT2D eigenvalue weighted by atomic mass is 35.5. The lowest BCUT2D eigenvalue weighted by molar-refractivity contribution is -0.119. The fourth-order valence-corrected chi connectivity index (χ4v) is 2.91. The molecule has 6 heteroatoms. The molecule has 0 aliphatic rings. The molecule has 2 N–H and O–H groups in total. The lowest BCUT2D eigenvalue weighted by Crippen LogP contribution is -2.45. The summed E-state index contributed by atoms with van der Waals surface area (Å²) in [6, 6.07) is 3.03. The number of amides is 1. The Labute approximate surface area is 122 Å². The Bertz CT molecular complexity index is 459. The van der Waals surface area contributed by atoms with Crippen LogP contribution in [0.3, 0.4) is 0 Å². The molecule has 1 rings (SSSR count). The van der Waals surface area contributed by atoms with Crippen LogP contribution < -0.4 is 5.73 Å². The van der Waals surface area contributed by atoms with Crippen LogP contribution in [0.2, 0.25) is 4.34 Å². The molecule has 0 spiro atoms. The van der Waals surface area contributed by atoms with Gasteiger partial charge in [-0.1, -0.05) is 25.4 Å². The number of hydrogen-bond acceptors (Lipinski definition) is 4. The first-order valence-electron chi connectivity index (χ1n) is 6.13. The van der Waals surface area contributed by atoms with Gasteiger partial charge >= 0.3 is 0 Å². The maximum absolute atomic E-state index is 12.3. The summed E-state index contributed by atoms with van der Waals surface area (Å²) in [6.07, 6.45) is 0. The zero-order valence-corrected chi connectivity index (χ0v) is 12.9. The molecule has 1 aromatic heterocycles. The van der Waals surface area contributed by atoms with Crippen molar-refractivity contribution in [2.45, 2.75) is 26.8 Å². The second-order valence-electron chi connectivity index (χ2n) is 4.93. The summed E-state index contributed by atoms with van der Waals surface area (Å²) in [6.45, 7) is 6.60. The summed E-state index contributed by atoms with van der Waals surface area (Å²) >= 11 is 7.09. The van der Waals surface area contributed by atoms with E-state index in [9.17, 15) is 9.59 Å². The first kappa shape index (κ1) is 16.1. The molecule has 0 aliphatic carbocycles. The van der Waals surface area contributed by atoms with Crippen molar-refractivity contribution in [3.63, 3.8) is 0 Å². The van der Waals surface area contributed by atoms with E-state index in [0.717, 1.165) is 0 Å². The monoisotopic (exact) mass is 302 g/mol. The first-order chi connectivity index (χ1) is 8.81. The number of ketones is 1. The van der Waals surface area contributed by atoms with Crippen LogP contribution in [0.15, 0.2) is 12.1 Å². The van der Waals surface area contributed by atoms with Crippen LogP contribution >= 0.6 is 22.9 Å². The van der Waals surface area contributed by atoms with Gasteiger partial charge in [0.1, 0.15) is 0 Å². The Kier molecular flexibility index (Phi) is 5.97. The number of hydrogen-bond donors (Lipinski definition) is 1. The van der Waals surface area contributed by atoms with Crippen molar-refractivity contribution < 1.29 is 9.59 Å². The Morgan fingerprint density at radius 3 is 2.42 bits per heavy atom. The molecule has 1 amide bonds. The van der Waals surface area contributed by atoms with E-state index in [2.05, 4.69) is 0 Å². The Morgan fingerprint density at radius 1 is 1.37 bits per heavy atom. The standard InChI is InChI=1S/C13H19ClN2O2S/c1-8(2)6-16(7-12(15)17)9(3)13(18)10-4-5-11(14)19-10/h4-5,8-9H,6-7H2,1-3H3,(H2,15,17). The number of primary amides is 1. The second-order valence-corrected chi connectivity index (χ2v) is 6.65. The summed E-state index contributed by atoms with van der Waals surface area (Å²) in [7, 11) is 0. The normalized spacial score (nSPS) is 12.9. The topological polar surface area (TPSA) is 63.4 Å². The van der Waals surface area contributed by atoms with Crippen molar-refractivity contribution in [3.05, 3.63) is 21.3 Å². The minimum atomic E-state index is -0.426. The summed E-state index contributed by atoms with van der Waals surface area (Å²) in [5.41, 5.74) is 5.24. The van der Waals surface area contributed by atoms with E-state index in [0.29, 0.717) is 21.7 Å². The van der Waals surface area contributed by atoms with Gasteiger partial charge in [-0.15, -0.1) is 11.3 Å². The summed E-state index contributed by atoms with van der Waals surface area (Å²) < 4.78 is 0.584. The second kappa shape index (κ2) is 7.03. The van der Waals surface area contributed by atoms with Gasteiger partial charge in [-0.25, -0.2) is 0 Å². The SMILES string of the molecule is CC(C)CN(CC(N)=O)C(C)C(=O)c1ccc(Cl)s1. The molecule has 1 atom stereocenters. The highest BCUT2D eigenvalue weighted by Crippen LogP contribution is 2.23. The van der Waals surface area contributed by atoms with Crippen LogP contribution in [0.5, 0.6) is 0 Å². The van der Waals surface area contributed by atoms with Gasteiger partial charge in [-0.05, 0) is 25.0 Å². The number of carbonyl (C=O) groups excluding carboxylic acids is 2. The molecule has 1 aromatic rings. The Morgan fingerprint density at radius 2 is 2.00 bits per heavy atom. The molecule has 0 aliphatic heterocycles. The Hall–Kier alpha value is -0.910. The van der Waals surface area contributed by atoms with Gasteiger partial charge in [-0.3, -0.25) is 14.5 Å². The third kappa shape index (κ3) is 4.93. The third-order valence-electron chi connectivity index (χ3n) is 2.70. The molecule has 0 saturated heterocycles. The van der Waals surface area contributed by atoms with E-state index in [1.807, 2.05) is 18.7 Å². The van der Waals surface area contributed by atoms with Crippen LogP contribution in [0.1, 0.15) is 30.4 Å². The number of nitrogens with two attached hydrogens (primary N) is 1.